The molecule has 0 saturated heterocycles. The summed E-state index contributed by atoms with van der Waals surface area (Å²) in [6.45, 7) is 0.708. The molecule has 3 nitrogen and oxygen atoms in total. The molecule has 0 aromatic rings. The second kappa shape index (κ2) is 4.54. The van der Waals surface area contributed by atoms with E-state index in [2.05, 4.69) is 4.72 Å². The Morgan fingerprint density at radius 1 is 1.00 bits per heavy atom. The van der Waals surface area contributed by atoms with Crippen LogP contribution in [0.15, 0.2) is 0 Å². The van der Waals surface area contributed by atoms with Gasteiger partial charge in [0, 0.05) is 6.54 Å². The molecule has 0 heterocycles. The van der Waals surface area contributed by atoms with Gasteiger partial charge in [-0.3, -0.25) is 0 Å². The molecule has 3 fully saturated rings. The van der Waals surface area contributed by atoms with Gasteiger partial charge in [-0.2, -0.15) is 0 Å². The fraction of sp³-hybridized carbons (Fsp3) is 1.00. The van der Waals surface area contributed by atoms with Gasteiger partial charge in [0.15, 0.2) is 0 Å². The van der Waals surface area contributed by atoms with Crippen LogP contribution in [0, 0.1) is 17.8 Å². The van der Waals surface area contributed by atoms with Crippen molar-refractivity contribution >= 4 is 10.0 Å². The second-order valence-corrected chi connectivity index (χ2v) is 8.28. The zero-order chi connectivity index (χ0) is 11.9. The van der Waals surface area contributed by atoms with Crippen molar-refractivity contribution < 1.29 is 8.42 Å². The lowest BCUT2D eigenvalue weighted by molar-refractivity contribution is 0.332. The normalized spacial score (nSPS) is 38.0. The van der Waals surface area contributed by atoms with E-state index in [1.165, 1.54) is 25.7 Å². The average molecular weight is 257 g/mol. The fourth-order valence-electron chi connectivity index (χ4n) is 4.17. The molecule has 1 N–H and O–H groups in total. The van der Waals surface area contributed by atoms with E-state index in [0.717, 1.165) is 37.5 Å². The van der Waals surface area contributed by atoms with E-state index in [9.17, 15) is 8.42 Å². The van der Waals surface area contributed by atoms with E-state index < -0.39 is 10.0 Å². The van der Waals surface area contributed by atoms with E-state index in [-0.39, 0.29) is 5.25 Å². The summed E-state index contributed by atoms with van der Waals surface area (Å²) in [6.07, 6.45) is 9.24. The van der Waals surface area contributed by atoms with Crippen LogP contribution in [0.3, 0.4) is 0 Å². The first-order valence-electron chi connectivity index (χ1n) is 7.13. The standard InChI is InChI=1S/C13H23NO2S/c15-17(16,13-3-1-2-4-13)14-9-12-8-10-5-6-11(12)7-10/h10-14H,1-9H2/t10-,11-,12-/m1/s1. The van der Waals surface area contributed by atoms with Gasteiger partial charge in [-0.05, 0) is 49.9 Å². The number of hydrogen-bond donors (Lipinski definition) is 1. The minimum atomic E-state index is -3.01. The van der Waals surface area contributed by atoms with Gasteiger partial charge in [0.2, 0.25) is 10.0 Å². The van der Waals surface area contributed by atoms with Gasteiger partial charge in [-0.25, -0.2) is 13.1 Å². The number of nitrogens with one attached hydrogen (secondary N) is 1. The van der Waals surface area contributed by atoms with Crippen LogP contribution >= 0.6 is 0 Å². The molecule has 3 aliphatic carbocycles. The molecule has 17 heavy (non-hydrogen) atoms. The summed E-state index contributed by atoms with van der Waals surface area (Å²) in [5.41, 5.74) is 0. The highest BCUT2D eigenvalue weighted by Crippen LogP contribution is 2.48. The van der Waals surface area contributed by atoms with Crippen LogP contribution in [0.2, 0.25) is 0 Å². The topological polar surface area (TPSA) is 46.2 Å². The summed E-state index contributed by atoms with van der Waals surface area (Å²) >= 11 is 0. The molecular weight excluding hydrogens is 234 g/mol. The molecule has 0 spiro atoms. The lowest BCUT2D eigenvalue weighted by Gasteiger charge is -2.22. The van der Waals surface area contributed by atoms with Crippen molar-refractivity contribution in [2.24, 2.45) is 17.8 Å². The summed E-state index contributed by atoms with van der Waals surface area (Å²) < 4.78 is 27.1. The van der Waals surface area contributed by atoms with E-state index >= 15 is 0 Å². The van der Waals surface area contributed by atoms with Gasteiger partial charge >= 0.3 is 0 Å². The van der Waals surface area contributed by atoms with Gasteiger partial charge in [0.1, 0.15) is 0 Å². The number of sulfonamides is 1. The van der Waals surface area contributed by atoms with Gasteiger partial charge in [0.05, 0.1) is 5.25 Å². The van der Waals surface area contributed by atoms with E-state index in [4.69, 9.17) is 0 Å². The van der Waals surface area contributed by atoms with Crippen molar-refractivity contribution in [3.05, 3.63) is 0 Å². The molecule has 4 heteroatoms. The molecule has 3 saturated carbocycles. The highest BCUT2D eigenvalue weighted by Gasteiger charge is 2.40. The Balaban J connectivity index is 1.53. The molecule has 98 valence electrons. The lowest BCUT2D eigenvalue weighted by Crippen LogP contribution is -2.37. The Hall–Kier alpha value is -0.0900. The molecule has 0 amide bonds. The minimum Gasteiger partial charge on any atom is -0.215 e. The molecule has 3 rings (SSSR count). The minimum absolute atomic E-state index is 0.0962. The third kappa shape index (κ3) is 2.39. The van der Waals surface area contributed by atoms with Crippen LogP contribution in [0.4, 0.5) is 0 Å². The second-order valence-electron chi connectivity index (χ2n) is 6.23. The quantitative estimate of drug-likeness (QED) is 0.840. The zero-order valence-corrected chi connectivity index (χ0v) is 11.2. The SMILES string of the molecule is O=S(=O)(NC[C@H]1C[C@@H]2CC[C@@H]1C2)C1CCCC1. The molecule has 2 bridgehead atoms. The van der Waals surface area contributed by atoms with Crippen molar-refractivity contribution in [3.8, 4) is 0 Å². The van der Waals surface area contributed by atoms with Crippen LogP contribution < -0.4 is 4.72 Å². The molecule has 3 atom stereocenters. The zero-order valence-electron chi connectivity index (χ0n) is 10.4. The Morgan fingerprint density at radius 3 is 2.35 bits per heavy atom. The monoisotopic (exact) mass is 257 g/mol. The lowest BCUT2D eigenvalue weighted by atomic mass is 9.89. The highest BCUT2D eigenvalue weighted by atomic mass is 32.2. The third-order valence-corrected chi connectivity index (χ3v) is 7.09. The fourth-order valence-corrected chi connectivity index (χ4v) is 5.80. The maximum Gasteiger partial charge on any atom is 0.214 e. The molecule has 0 aromatic carbocycles. The summed E-state index contributed by atoms with van der Waals surface area (Å²) in [4.78, 5) is 0. The molecular formula is C13H23NO2S. The summed E-state index contributed by atoms with van der Waals surface area (Å²) in [7, 11) is -3.01. The van der Waals surface area contributed by atoms with Crippen molar-refractivity contribution in [1.29, 1.82) is 0 Å². The molecule has 0 aliphatic heterocycles. The number of fused-ring (bicyclic) bond motifs is 2. The van der Waals surface area contributed by atoms with Gasteiger partial charge in [-0.15, -0.1) is 0 Å². The predicted octanol–water partition coefficient (Wildman–Crippen LogP) is 2.28. The first kappa shape index (κ1) is 12.0. The van der Waals surface area contributed by atoms with E-state index in [0.29, 0.717) is 12.5 Å². The first-order valence-corrected chi connectivity index (χ1v) is 8.68. The van der Waals surface area contributed by atoms with Crippen LogP contribution in [0.1, 0.15) is 51.4 Å². The molecule has 0 unspecified atom stereocenters. The van der Waals surface area contributed by atoms with Gasteiger partial charge < -0.3 is 0 Å². The van der Waals surface area contributed by atoms with Gasteiger partial charge in [-0.1, -0.05) is 19.3 Å². The Morgan fingerprint density at radius 2 is 1.76 bits per heavy atom. The van der Waals surface area contributed by atoms with Crippen molar-refractivity contribution in [1.82, 2.24) is 4.72 Å². The highest BCUT2D eigenvalue weighted by molar-refractivity contribution is 7.90. The Labute approximate surface area is 104 Å². The predicted molar refractivity (Wildman–Crippen MR) is 68.1 cm³/mol. The molecule has 3 aliphatic rings. The first-order chi connectivity index (χ1) is 8.15. The molecule has 0 aromatic heterocycles. The maximum atomic E-state index is 12.1. The van der Waals surface area contributed by atoms with E-state index in [1.54, 1.807) is 0 Å². The Bertz CT molecular complexity index is 373. The maximum absolute atomic E-state index is 12.1. The summed E-state index contributed by atoms with van der Waals surface area (Å²) in [5.74, 6) is 2.34. The van der Waals surface area contributed by atoms with Crippen LogP contribution in [-0.4, -0.2) is 20.2 Å². The van der Waals surface area contributed by atoms with Crippen molar-refractivity contribution in [3.63, 3.8) is 0 Å². The third-order valence-electron chi connectivity index (χ3n) is 5.17. The summed E-state index contributed by atoms with van der Waals surface area (Å²) in [5, 5.41) is -0.0962. The van der Waals surface area contributed by atoms with Crippen LogP contribution in [-0.2, 0) is 10.0 Å². The van der Waals surface area contributed by atoms with Crippen LogP contribution in [0.5, 0.6) is 0 Å². The van der Waals surface area contributed by atoms with Crippen molar-refractivity contribution in [2.75, 3.05) is 6.54 Å². The smallest absolute Gasteiger partial charge is 0.214 e. The number of rotatable bonds is 4. The number of hydrogen-bond acceptors (Lipinski definition) is 2. The molecule has 0 radical (unpaired) electrons. The van der Waals surface area contributed by atoms with Gasteiger partial charge in [0.25, 0.3) is 0 Å². The average Bonchev–Trinajstić information content (AvgIpc) is 3.02. The largest absolute Gasteiger partial charge is 0.215 e. The van der Waals surface area contributed by atoms with Crippen molar-refractivity contribution in [2.45, 2.75) is 56.6 Å². The van der Waals surface area contributed by atoms with Crippen LogP contribution in [0.25, 0.3) is 0 Å². The van der Waals surface area contributed by atoms with E-state index in [1.807, 2.05) is 0 Å². The summed E-state index contributed by atoms with van der Waals surface area (Å²) in [6, 6.07) is 0. The Kier molecular flexibility index (Phi) is 3.20.